The maximum Gasteiger partial charge on any atom is 0.0386 e. The highest BCUT2D eigenvalue weighted by molar-refractivity contribution is 7.12. The highest BCUT2D eigenvalue weighted by Crippen LogP contribution is 2.60. The van der Waals surface area contributed by atoms with Crippen LogP contribution in [-0.2, 0) is 0 Å². The van der Waals surface area contributed by atoms with Gasteiger partial charge in [-0.3, -0.25) is 0 Å². The Kier molecular flexibility index (Phi) is 2.60. The van der Waals surface area contributed by atoms with Gasteiger partial charge in [-0.2, -0.15) is 0 Å². The number of aryl methyl sites for hydroxylation is 1. The Morgan fingerprint density at radius 1 is 1.44 bits per heavy atom. The van der Waals surface area contributed by atoms with Crippen molar-refractivity contribution in [2.45, 2.75) is 45.6 Å². The molecule has 0 aromatic carbocycles. The summed E-state index contributed by atoms with van der Waals surface area (Å²) in [7, 11) is 0. The molecule has 2 saturated carbocycles. The summed E-state index contributed by atoms with van der Waals surface area (Å²) < 4.78 is 0. The topological polar surface area (TPSA) is 12.0 Å². The zero-order chi connectivity index (χ0) is 11.2. The van der Waals surface area contributed by atoms with Crippen molar-refractivity contribution in [3.8, 4) is 0 Å². The first kappa shape index (κ1) is 10.8. The second-order valence-corrected chi connectivity index (χ2v) is 7.01. The van der Waals surface area contributed by atoms with Gasteiger partial charge < -0.3 is 5.32 Å². The summed E-state index contributed by atoms with van der Waals surface area (Å²) in [6.45, 7) is 5.73. The minimum absolute atomic E-state index is 0.537. The van der Waals surface area contributed by atoms with Gasteiger partial charge in [0, 0.05) is 22.3 Å². The van der Waals surface area contributed by atoms with E-state index >= 15 is 0 Å². The molecule has 0 radical (unpaired) electrons. The van der Waals surface area contributed by atoms with Crippen molar-refractivity contribution in [1.29, 1.82) is 0 Å². The van der Waals surface area contributed by atoms with Crippen molar-refractivity contribution < 1.29 is 0 Å². The largest absolute Gasteiger partial charge is 0.309 e. The summed E-state index contributed by atoms with van der Waals surface area (Å²) in [6.07, 6.45) is 5.93. The van der Waals surface area contributed by atoms with Crippen molar-refractivity contribution in [2.75, 3.05) is 6.54 Å². The van der Waals surface area contributed by atoms with E-state index in [-0.39, 0.29) is 0 Å². The highest BCUT2D eigenvalue weighted by Gasteiger charge is 2.53. The molecule has 0 bridgehead atoms. The van der Waals surface area contributed by atoms with E-state index in [1.54, 1.807) is 0 Å². The van der Waals surface area contributed by atoms with Crippen LogP contribution in [-0.4, -0.2) is 6.54 Å². The molecule has 1 nitrogen and oxygen atoms in total. The van der Waals surface area contributed by atoms with Crippen molar-refractivity contribution in [2.24, 2.45) is 11.3 Å². The van der Waals surface area contributed by atoms with Crippen LogP contribution in [0.15, 0.2) is 12.1 Å². The lowest BCUT2D eigenvalue weighted by atomic mass is 10.0. The summed E-state index contributed by atoms with van der Waals surface area (Å²) in [5.41, 5.74) is 0.723. The molecule has 1 atom stereocenters. The third-order valence-corrected chi connectivity index (χ3v) is 5.47. The third-order valence-electron chi connectivity index (χ3n) is 4.28. The van der Waals surface area contributed by atoms with E-state index in [0.717, 1.165) is 11.3 Å². The fourth-order valence-electron chi connectivity index (χ4n) is 2.73. The van der Waals surface area contributed by atoms with Crippen LogP contribution in [0.4, 0.5) is 0 Å². The Morgan fingerprint density at radius 2 is 2.19 bits per heavy atom. The van der Waals surface area contributed by atoms with Gasteiger partial charge in [0.05, 0.1) is 0 Å². The fraction of sp³-hybridized carbons (Fsp3) is 0.714. The van der Waals surface area contributed by atoms with E-state index in [9.17, 15) is 0 Å². The molecule has 0 amide bonds. The zero-order valence-electron chi connectivity index (χ0n) is 10.3. The van der Waals surface area contributed by atoms with Crippen molar-refractivity contribution in [3.63, 3.8) is 0 Å². The number of nitrogens with one attached hydrogen (secondary N) is 1. The molecule has 0 aliphatic heterocycles. The van der Waals surface area contributed by atoms with E-state index in [1.807, 2.05) is 11.3 Å². The average molecular weight is 235 g/mol. The first-order valence-corrected chi connectivity index (χ1v) is 7.31. The molecule has 1 aromatic rings. The zero-order valence-corrected chi connectivity index (χ0v) is 11.1. The predicted octanol–water partition coefficient (Wildman–Crippen LogP) is 3.90. The lowest BCUT2D eigenvalue weighted by Crippen LogP contribution is -2.27. The summed E-state index contributed by atoms with van der Waals surface area (Å²) in [6, 6.07) is 5.04. The SMILES string of the molecule is Cc1ccc(C(C)NCC2(C3CC3)CC2)s1. The maximum absolute atomic E-state index is 3.75. The van der Waals surface area contributed by atoms with E-state index in [0.29, 0.717) is 6.04 Å². The van der Waals surface area contributed by atoms with Crippen LogP contribution in [0, 0.1) is 18.3 Å². The molecular weight excluding hydrogens is 214 g/mol. The molecule has 16 heavy (non-hydrogen) atoms. The Labute approximate surface area is 102 Å². The van der Waals surface area contributed by atoms with Gasteiger partial charge in [-0.1, -0.05) is 0 Å². The monoisotopic (exact) mass is 235 g/mol. The summed E-state index contributed by atoms with van der Waals surface area (Å²) in [4.78, 5) is 2.91. The van der Waals surface area contributed by atoms with Gasteiger partial charge in [-0.15, -0.1) is 11.3 Å². The standard InChI is InChI=1S/C14H21NS/c1-10-3-6-13(16-10)11(2)15-9-14(7-8-14)12-4-5-12/h3,6,11-12,15H,4-5,7-9H2,1-2H3. The van der Waals surface area contributed by atoms with Crippen molar-refractivity contribution in [1.82, 2.24) is 5.32 Å². The molecule has 88 valence electrons. The average Bonchev–Trinajstić information content (AvgIpc) is 3.14. The van der Waals surface area contributed by atoms with Crippen LogP contribution in [0.3, 0.4) is 0 Å². The number of hydrogen-bond acceptors (Lipinski definition) is 2. The summed E-state index contributed by atoms with van der Waals surface area (Å²) >= 11 is 1.93. The Morgan fingerprint density at radius 3 is 2.69 bits per heavy atom. The Hall–Kier alpha value is -0.340. The molecule has 1 unspecified atom stereocenters. The second-order valence-electron chi connectivity index (χ2n) is 5.69. The first-order chi connectivity index (χ1) is 7.70. The summed E-state index contributed by atoms with van der Waals surface area (Å²) in [5, 5.41) is 3.75. The predicted molar refractivity (Wildman–Crippen MR) is 69.9 cm³/mol. The number of hydrogen-bond donors (Lipinski definition) is 1. The number of rotatable bonds is 5. The van der Waals surface area contributed by atoms with Gasteiger partial charge in [-0.05, 0) is 63.0 Å². The molecule has 3 rings (SSSR count). The Bertz CT molecular complexity index is 374. The molecule has 2 aliphatic carbocycles. The van der Waals surface area contributed by atoms with Crippen LogP contribution >= 0.6 is 11.3 Å². The van der Waals surface area contributed by atoms with E-state index in [1.165, 1.54) is 42.0 Å². The lowest BCUT2D eigenvalue weighted by molar-refractivity contribution is 0.383. The molecule has 2 fully saturated rings. The normalized spacial score (nSPS) is 24.4. The second kappa shape index (κ2) is 3.85. The van der Waals surface area contributed by atoms with E-state index in [4.69, 9.17) is 0 Å². The van der Waals surface area contributed by atoms with Gasteiger partial charge in [0.2, 0.25) is 0 Å². The van der Waals surface area contributed by atoms with Gasteiger partial charge in [-0.25, -0.2) is 0 Å². The lowest BCUT2D eigenvalue weighted by Gasteiger charge is -2.19. The van der Waals surface area contributed by atoms with Gasteiger partial charge >= 0.3 is 0 Å². The first-order valence-electron chi connectivity index (χ1n) is 6.49. The number of thiophene rings is 1. The van der Waals surface area contributed by atoms with Gasteiger partial charge in [0.15, 0.2) is 0 Å². The minimum Gasteiger partial charge on any atom is -0.309 e. The maximum atomic E-state index is 3.75. The van der Waals surface area contributed by atoms with Crippen LogP contribution in [0.2, 0.25) is 0 Å². The highest BCUT2D eigenvalue weighted by atomic mass is 32.1. The van der Waals surface area contributed by atoms with Crippen LogP contribution in [0.1, 0.15) is 48.4 Å². The van der Waals surface area contributed by atoms with E-state index in [2.05, 4.69) is 31.3 Å². The summed E-state index contributed by atoms with van der Waals surface area (Å²) in [5.74, 6) is 1.07. The molecule has 0 spiro atoms. The minimum atomic E-state index is 0.537. The van der Waals surface area contributed by atoms with Crippen molar-refractivity contribution in [3.05, 3.63) is 21.9 Å². The third kappa shape index (κ3) is 2.05. The molecular formula is C14H21NS. The van der Waals surface area contributed by atoms with Gasteiger partial charge in [0.25, 0.3) is 0 Å². The molecule has 1 aromatic heterocycles. The Balaban J connectivity index is 1.55. The quantitative estimate of drug-likeness (QED) is 0.816. The molecule has 1 N–H and O–H groups in total. The van der Waals surface area contributed by atoms with E-state index < -0.39 is 0 Å². The smallest absolute Gasteiger partial charge is 0.0386 e. The molecule has 2 heteroatoms. The fourth-order valence-corrected chi connectivity index (χ4v) is 3.63. The van der Waals surface area contributed by atoms with Crippen LogP contribution in [0.5, 0.6) is 0 Å². The van der Waals surface area contributed by atoms with Gasteiger partial charge in [0.1, 0.15) is 0 Å². The van der Waals surface area contributed by atoms with Crippen LogP contribution < -0.4 is 5.32 Å². The molecule has 0 saturated heterocycles. The van der Waals surface area contributed by atoms with Crippen LogP contribution in [0.25, 0.3) is 0 Å². The molecule has 2 aliphatic rings. The van der Waals surface area contributed by atoms with Crippen molar-refractivity contribution >= 4 is 11.3 Å². The molecule has 1 heterocycles.